The molecular formula is C13H22BrN3. The largest absolute Gasteiger partial charge is 0.369 e. The predicted molar refractivity (Wildman–Crippen MR) is 75.5 cm³/mol. The number of hydrogen-bond acceptors (Lipinski definition) is 2. The fourth-order valence-corrected chi connectivity index (χ4v) is 3.04. The molecule has 3 nitrogen and oxygen atoms in total. The Morgan fingerprint density at radius 3 is 2.94 bits per heavy atom. The summed E-state index contributed by atoms with van der Waals surface area (Å²) in [7, 11) is 0. The molecule has 0 radical (unpaired) electrons. The molecular weight excluding hydrogens is 278 g/mol. The minimum atomic E-state index is 0.540. The Morgan fingerprint density at radius 2 is 2.29 bits per heavy atom. The Hall–Kier alpha value is -0.510. The number of hydrogen-bond donors (Lipinski definition) is 1. The van der Waals surface area contributed by atoms with Crippen LogP contribution < -0.4 is 5.32 Å². The summed E-state index contributed by atoms with van der Waals surface area (Å²) in [5, 5.41) is 8.26. The van der Waals surface area contributed by atoms with Crippen LogP contribution >= 0.6 is 15.9 Å². The molecule has 0 saturated heterocycles. The van der Waals surface area contributed by atoms with Gasteiger partial charge in [-0.2, -0.15) is 5.10 Å². The van der Waals surface area contributed by atoms with E-state index >= 15 is 0 Å². The fourth-order valence-electron chi connectivity index (χ4n) is 2.44. The van der Waals surface area contributed by atoms with Crippen molar-refractivity contribution in [3.63, 3.8) is 0 Å². The topological polar surface area (TPSA) is 29.9 Å². The molecule has 0 amide bonds. The summed E-state index contributed by atoms with van der Waals surface area (Å²) >= 11 is 3.70. The van der Waals surface area contributed by atoms with Crippen LogP contribution in [-0.4, -0.2) is 16.3 Å². The van der Waals surface area contributed by atoms with Gasteiger partial charge < -0.3 is 5.32 Å². The summed E-state index contributed by atoms with van der Waals surface area (Å²) in [6, 6.07) is 0.540. The lowest BCUT2D eigenvalue weighted by Crippen LogP contribution is -2.27. The number of anilines is 1. The maximum Gasteiger partial charge on any atom is 0.139 e. The first-order valence-corrected chi connectivity index (χ1v) is 7.45. The van der Waals surface area contributed by atoms with E-state index in [0.29, 0.717) is 12.0 Å². The first kappa shape index (κ1) is 12.9. The van der Waals surface area contributed by atoms with Crippen LogP contribution in [0.2, 0.25) is 0 Å². The van der Waals surface area contributed by atoms with E-state index in [4.69, 9.17) is 5.10 Å². The van der Waals surface area contributed by atoms with Crippen LogP contribution in [0.15, 0.2) is 4.47 Å². The zero-order chi connectivity index (χ0) is 12.4. The van der Waals surface area contributed by atoms with E-state index in [1.54, 1.807) is 0 Å². The van der Waals surface area contributed by atoms with Gasteiger partial charge in [-0.25, -0.2) is 4.68 Å². The number of aryl methyl sites for hydroxylation is 1. The number of unbranched alkanes of at least 4 members (excludes halogenated alkanes) is 1. The molecule has 1 unspecified atom stereocenters. The maximum atomic E-state index is 4.80. The normalized spacial score (nSPS) is 19.2. The molecule has 0 saturated carbocycles. The number of rotatable bonds is 4. The molecule has 0 spiro atoms. The minimum absolute atomic E-state index is 0.540. The van der Waals surface area contributed by atoms with Gasteiger partial charge in [0.15, 0.2) is 0 Å². The highest BCUT2D eigenvalue weighted by atomic mass is 79.9. The van der Waals surface area contributed by atoms with E-state index in [1.807, 2.05) is 0 Å². The molecule has 0 fully saturated rings. The molecule has 0 aromatic carbocycles. The molecule has 17 heavy (non-hydrogen) atoms. The van der Waals surface area contributed by atoms with Crippen LogP contribution in [-0.2, 0) is 6.42 Å². The van der Waals surface area contributed by atoms with Gasteiger partial charge in [-0.3, -0.25) is 0 Å². The zero-order valence-corrected chi connectivity index (χ0v) is 12.5. The van der Waals surface area contributed by atoms with Gasteiger partial charge in [-0.15, -0.1) is 0 Å². The standard InChI is InChI=1S/C13H22BrN3/c1-4-5-6-10-12(14)13-15-8-7-11(9(2)3)17(13)16-10/h9,11,15H,4-8H2,1-3H3. The molecule has 1 aliphatic rings. The van der Waals surface area contributed by atoms with Gasteiger partial charge in [0.1, 0.15) is 5.82 Å². The van der Waals surface area contributed by atoms with Gasteiger partial charge >= 0.3 is 0 Å². The number of fused-ring (bicyclic) bond motifs is 1. The van der Waals surface area contributed by atoms with Crippen molar-refractivity contribution in [2.45, 2.75) is 52.5 Å². The van der Waals surface area contributed by atoms with E-state index in [0.717, 1.165) is 13.0 Å². The van der Waals surface area contributed by atoms with Crippen LogP contribution in [0.25, 0.3) is 0 Å². The van der Waals surface area contributed by atoms with Crippen molar-refractivity contribution in [3.8, 4) is 0 Å². The molecule has 1 aromatic heterocycles. The number of nitrogens with zero attached hydrogens (tertiary/aromatic N) is 2. The second-order valence-electron chi connectivity index (χ2n) is 5.18. The predicted octanol–water partition coefficient (Wildman–Crippen LogP) is 4.00. The molecule has 1 atom stereocenters. The van der Waals surface area contributed by atoms with E-state index in [2.05, 4.69) is 46.7 Å². The van der Waals surface area contributed by atoms with Crippen LogP contribution in [0.3, 0.4) is 0 Å². The van der Waals surface area contributed by atoms with Crippen molar-refractivity contribution in [2.24, 2.45) is 5.92 Å². The van der Waals surface area contributed by atoms with E-state index in [1.165, 1.54) is 35.2 Å². The summed E-state index contributed by atoms with van der Waals surface area (Å²) in [4.78, 5) is 0. The Balaban J connectivity index is 2.29. The lowest BCUT2D eigenvalue weighted by atomic mass is 10.00. The van der Waals surface area contributed by atoms with Crippen LogP contribution in [0.1, 0.15) is 51.8 Å². The molecule has 1 N–H and O–H groups in total. The van der Waals surface area contributed by atoms with E-state index in [9.17, 15) is 0 Å². The summed E-state index contributed by atoms with van der Waals surface area (Å²) in [5.41, 5.74) is 1.21. The molecule has 0 aliphatic carbocycles. The summed E-state index contributed by atoms with van der Waals surface area (Å²) in [6.45, 7) is 7.83. The Labute approximate surface area is 112 Å². The fraction of sp³-hybridized carbons (Fsp3) is 0.769. The van der Waals surface area contributed by atoms with Crippen LogP contribution in [0.5, 0.6) is 0 Å². The van der Waals surface area contributed by atoms with Gasteiger partial charge in [0, 0.05) is 6.54 Å². The summed E-state index contributed by atoms with van der Waals surface area (Å²) < 4.78 is 3.37. The maximum absolute atomic E-state index is 4.80. The van der Waals surface area contributed by atoms with Crippen LogP contribution in [0, 0.1) is 5.92 Å². The average molecular weight is 300 g/mol. The number of halogens is 1. The smallest absolute Gasteiger partial charge is 0.139 e. The Kier molecular flexibility index (Phi) is 4.13. The Bertz CT molecular complexity index is 384. The second-order valence-corrected chi connectivity index (χ2v) is 5.98. The first-order chi connectivity index (χ1) is 8.15. The highest BCUT2D eigenvalue weighted by Crippen LogP contribution is 2.36. The first-order valence-electron chi connectivity index (χ1n) is 6.65. The monoisotopic (exact) mass is 299 g/mol. The lowest BCUT2D eigenvalue weighted by molar-refractivity contribution is 0.321. The molecule has 1 aliphatic heterocycles. The van der Waals surface area contributed by atoms with E-state index < -0.39 is 0 Å². The summed E-state index contributed by atoms with van der Waals surface area (Å²) in [5.74, 6) is 1.82. The van der Waals surface area contributed by atoms with Crippen molar-refractivity contribution in [2.75, 3.05) is 11.9 Å². The van der Waals surface area contributed by atoms with Gasteiger partial charge in [-0.1, -0.05) is 27.2 Å². The van der Waals surface area contributed by atoms with Gasteiger partial charge in [0.2, 0.25) is 0 Å². The van der Waals surface area contributed by atoms with Crippen molar-refractivity contribution >= 4 is 21.7 Å². The lowest BCUT2D eigenvalue weighted by Gasteiger charge is -2.28. The molecule has 0 bridgehead atoms. The SMILES string of the molecule is CCCCc1nn2c(c1Br)NCCC2C(C)C. The third-order valence-electron chi connectivity index (χ3n) is 3.50. The number of nitrogens with one attached hydrogen (secondary N) is 1. The van der Waals surface area contributed by atoms with Gasteiger partial charge in [0.05, 0.1) is 16.2 Å². The number of aromatic nitrogens is 2. The van der Waals surface area contributed by atoms with Crippen molar-refractivity contribution < 1.29 is 0 Å². The molecule has 4 heteroatoms. The van der Waals surface area contributed by atoms with Gasteiger partial charge in [0.25, 0.3) is 0 Å². The molecule has 2 rings (SSSR count). The van der Waals surface area contributed by atoms with Crippen molar-refractivity contribution in [3.05, 3.63) is 10.2 Å². The van der Waals surface area contributed by atoms with Crippen molar-refractivity contribution in [1.82, 2.24) is 9.78 Å². The highest BCUT2D eigenvalue weighted by Gasteiger charge is 2.26. The van der Waals surface area contributed by atoms with Gasteiger partial charge in [-0.05, 0) is 41.1 Å². The van der Waals surface area contributed by atoms with Crippen LogP contribution in [0.4, 0.5) is 5.82 Å². The molecule has 96 valence electrons. The molecule has 1 aromatic rings. The summed E-state index contributed by atoms with van der Waals surface area (Å²) in [6.07, 6.45) is 4.67. The third-order valence-corrected chi connectivity index (χ3v) is 4.34. The second kappa shape index (κ2) is 5.42. The quantitative estimate of drug-likeness (QED) is 0.911. The Morgan fingerprint density at radius 1 is 1.53 bits per heavy atom. The minimum Gasteiger partial charge on any atom is -0.369 e. The average Bonchev–Trinajstić information content (AvgIpc) is 2.63. The molecule has 2 heterocycles. The zero-order valence-electron chi connectivity index (χ0n) is 11.0. The third kappa shape index (κ3) is 2.51. The highest BCUT2D eigenvalue weighted by molar-refractivity contribution is 9.10. The van der Waals surface area contributed by atoms with Crippen molar-refractivity contribution in [1.29, 1.82) is 0 Å². The van der Waals surface area contributed by atoms with E-state index in [-0.39, 0.29) is 0 Å².